The molecule has 1 N–H and O–H groups in total. The summed E-state index contributed by atoms with van der Waals surface area (Å²) in [5.41, 5.74) is 0.715. The molecule has 4 heterocycles. The zero-order valence-corrected chi connectivity index (χ0v) is 14.9. The van der Waals surface area contributed by atoms with Crippen LogP contribution in [0, 0.1) is 0 Å². The highest BCUT2D eigenvalue weighted by Gasteiger charge is 2.22. The number of ether oxygens (including phenoxy) is 1. The molecule has 0 atom stereocenters. The van der Waals surface area contributed by atoms with Gasteiger partial charge < -0.3 is 15.0 Å². The highest BCUT2D eigenvalue weighted by atomic mass is 16.5. The van der Waals surface area contributed by atoms with Gasteiger partial charge >= 0.3 is 0 Å². The predicted molar refractivity (Wildman–Crippen MR) is 96.9 cm³/mol. The van der Waals surface area contributed by atoms with Gasteiger partial charge in [-0.3, -0.25) is 9.59 Å². The van der Waals surface area contributed by atoms with Crippen molar-refractivity contribution < 1.29 is 14.3 Å². The fourth-order valence-electron chi connectivity index (χ4n) is 3.51. The summed E-state index contributed by atoms with van der Waals surface area (Å²) >= 11 is 0. The standard InChI is InChI=1S/C18H23N5O3/c1-12(24)18(25)14-10-16-20-15(22-6-2-3-7-22)11-17(23(16)21-14)19-13-4-8-26-9-5-13/h10-11,13,19H,2-9H2,1H3. The van der Waals surface area contributed by atoms with Crippen LogP contribution in [0.1, 0.15) is 43.1 Å². The lowest BCUT2D eigenvalue weighted by Gasteiger charge is -2.25. The number of hydrogen-bond acceptors (Lipinski definition) is 7. The lowest BCUT2D eigenvalue weighted by molar-refractivity contribution is -0.113. The van der Waals surface area contributed by atoms with Gasteiger partial charge in [0.25, 0.3) is 0 Å². The van der Waals surface area contributed by atoms with Gasteiger partial charge in [-0.1, -0.05) is 0 Å². The first-order chi connectivity index (χ1) is 12.6. The summed E-state index contributed by atoms with van der Waals surface area (Å²) in [6.07, 6.45) is 4.15. The molecular formula is C18H23N5O3. The number of hydrogen-bond donors (Lipinski definition) is 1. The molecule has 0 radical (unpaired) electrons. The molecule has 8 heteroatoms. The molecule has 0 saturated carbocycles. The fraction of sp³-hybridized carbons (Fsp3) is 0.556. The van der Waals surface area contributed by atoms with Crippen LogP contribution in [0.3, 0.4) is 0 Å². The molecule has 4 rings (SSSR count). The van der Waals surface area contributed by atoms with E-state index in [0.29, 0.717) is 5.65 Å². The van der Waals surface area contributed by atoms with E-state index in [1.165, 1.54) is 6.92 Å². The maximum absolute atomic E-state index is 12.1. The molecule has 2 aliphatic rings. The Morgan fingerprint density at radius 1 is 1.19 bits per heavy atom. The third-order valence-electron chi connectivity index (χ3n) is 4.97. The molecule has 8 nitrogen and oxygen atoms in total. The predicted octanol–water partition coefficient (Wildman–Crippen LogP) is 1.69. The topological polar surface area (TPSA) is 88.8 Å². The van der Waals surface area contributed by atoms with Crippen molar-refractivity contribution in [3.63, 3.8) is 0 Å². The summed E-state index contributed by atoms with van der Waals surface area (Å²) in [7, 11) is 0. The number of nitrogens with zero attached hydrogens (tertiary/aromatic N) is 4. The second-order valence-electron chi connectivity index (χ2n) is 6.91. The Morgan fingerprint density at radius 3 is 2.62 bits per heavy atom. The number of Topliss-reactive ketones (excluding diaryl/α,β-unsaturated/α-hetero) is 2. The maximum Gasteiger partial charge on any atom is 0.248 e. The number of rotatable bonds is 5. The third-order valence-corrected chi connectivity index (χ3v) is 4.97. The third kappa shape index (κ3) is 3.29. The van der Waals surface area contributed by atoms with Crippen LogP contribution in [-0.4, -0.2) is 58.5 Å². The molecule has 0 amide bonds. The van der Waals surface area contributed by atoms with Crippen molar-refractivity contribution in [3.8, 4) is 0 Å². The van der Waals surface area contributed by atoms with Gasteiger partial charge in [-0.2, -0.15) is 9.61 Å². The van der Waals surface area contributed by atoms with Crippen LogP contribution in [0.25, 0.3) is 5.65 Å². The summed E-state index contributed by atoms with van der Waals surface area (Å²) in [5, 5.41) is 7.87. The van der Waals surface area contributed by atoms with Gasteiger partial charge in [0, 0.05) is 51.4 Å². The molecule has 2 aliphatic heterocycles. The van der Waals surface area contributed by atoms with E-state index in [1.807, 2.05) is 6.07 Å². The molecule has 0 unspecified atom stereocenters. The Kier molecular flexibility index (Phi) is 4.58. The van der Waals surface area contributed by atoms with E-state index in [-0.39, 0.29) is 11.7 Å². The SMILES string of the molecule is CC(=O)C(=O)c1cc2nc(N3CCCC3)cc(NC3CCOCC3)n2n1. The lowest BCUT2D eigenvalue weighted by Crippen LogP contribution is -2.29. The monoisotopic (exact) mass is 357 g/mol. The Bertz CT molecular complexity index is 835. The van der Waals surface area contributed by atoms with Gasteiger partial charge in [-0.15, -0.1) is 0 Å². The van der Waals surface area contributed by atoms with Crippen LogP contribution in [0.5, 0.6) is 0 Å². The zero-order chi connectivity index (χ0) is 18.1. The minimum atomic E-state index is -0.588. The molecule has 2 fully saturated rings. The van der Waals surface area contributed by atoms with E-state index in [9.17, 15) is 9.59 Å². The van der Waals surface area contributed by atoms with Gasteiger partial charge in [0.05, 0.1) is 0 Å². The number of anilines is 2. The van der Waals surface area contributed by atoms with E-state index in [0.717, 1.165) is 63.6 Å². The maximum atomic E-state index is 12.1. The van der Waals surface area contributed by atoms with Crippen molar-refractivity contribution in [3.05, 3.63) is 17.8 Å². The van der Waals surface area contributed by atoms with E-state index in [1.54, 1.807) is 10.6 Å². The summed E-state index contributed by atoms with van der Waals surface area (Å²) < 4.78 is 7.06. The van der Waals surface area contributed by atoms with Crippen LogP contribution in [0.2, 0.25) is 0 Å². The van der Waals surface area contributed by atoms with Gasteiger partial charge in [0.1, 0.15) is 17.3 Å². The van der Waals surface area contributed by atoms with Crippen LogP contribution in [0.4, 0.5) is 11.6 Å². The van der Waals surface area contributed by atoms with Gasteiger partial charge in [-0.05, 0) is 25.7 Å². The van der Waals surface area contributed by atoms with E-state index in [2.05, 4.69) is 20.3 Å². The first-order valence-electron chi connectivity index (χ1n) is 9.17. The number of carbonyl (C=O) groups is 2. The van der Waals surface area contributed by atoms with Gasteiger partial charge in [0.2, 0.25) is 11.6 Å². The second-order valence-corrected chi connectivity index (χ2v) is 6.91. The van der Waals surface area contributed by atoms with Gasteiger partial charge in [0.15, 0.2) is 5.65 Å². The Morgan fingerprint density at radius 2 is 1.92 bits per heavy atom. The quantitative estimate of drug-likeness (QED) is 0.643. The number of carbonyl (C=O) groups excluding carboxylic acids is 2. The van der Waals surface area contributed by atoms with Crippen LogP contribution < -0.4 is 10.2 Å². The molecule has 0 bridgehead atoms. The molecule has 0 aromatic carbocycles. The zero-order valence-electron chi connectivity index (χ0n) is 14.9. The average Bonchev–Trinajstić information content (AvgIpc) is 3.31. The molecule has 138 valence electrons. The van der Waals surface area contributed by atoms with Crippen molar-refractivity contribution in [2.75, 3.05) is 36.5 Å². The van der Waals surface area contributed by atoms with E-state index in [4.69, 9.17) is 4.74 Å². The molecular weight excluding hydrogens is 334 g/mol. The molecule has 2 aromatic rings. The average molecular weight is 357 g/mol. The molecule has 0 spiro atoms. The van der Waals surface area contributed by atoms with E-state index < -0.39 is 11.6 Å². The minimum absolute atomic E-state index is 0.138. The molecule has 0 aliphatic carbocycles. The number of aromatic nitrogens is 3. The second kappa shape index (κ2) is 7.03. The number of ketones is 2. The number of nitrogens with one attached hydrogen (secondary N) is 1. The Balaban J connectivity index is 1.74. The highest BCUT2D eigenvalue weighted by molar-refractivity contribution is 6.42. The highest BCUT2D eigenvalue weighted by Crippen LogP contribution is 2.25. The van der Waals surface area contributed by atoms with Gasteiger partial charge in [-0.25, -0.2) is 4.98 Å². The normalized spacial score (nSPS) is 18.4. The van der Waals surface area contributed by atoms with Crippen LogP contribution >= 0.6 is 0 Å². The summed E-state index contributed by atoms with van der Waals surface area (Å²) in [4.78, 5) is 30.4. The largest absolute Gasteiger partial charge is 0.381 e. The molecule has 2 aromatic heterocycles. The molecule has 26 heavy (non-hydrogen) atoms. The summed E-state index contributed by atoms with van der Waals surface area (Å²) in [5.74, 6) is 0.569. The summed E-state index contributed by atoms with van der Waals surface area (Å²) in [6.45, 7) is 4.69. The van der Waals surface area contributed by atoms with Crippen molar-refractivity contribution >= 4 is 28.8 Å². The first kappa shape index (κ1) is 17.0. The van der Waals surface area contributed by atoms with Crippen LogP contribution in [-0.2, 0) is 9.53 Å². The minimum Gasteiger partial charge on any atom is -0.381 e. The van der Waals surface area contributed by atoms with Crippen molar-refractivity contribution in [2.45, 2.75) is 38.6 Å². The van der Waals surface area contributed by atoms with Crippen molar-refractivity contribution in [2.24, 2.45) is 0 Å². The number of fused-ring (bicyclic) bond motifs is 1. The summed E-state index contributed by atoms with van der Waals surface area (Å²) in [6, 6.07) is 3.87. The van der Waals surface area contributed by atoms with Crippen LogP contribution in [0.15, 0.2) is 12.1 Å². The first-order valence-corrected chi connectivity index (χ1v) is 9.17. The van der Waals surface area contributed by atoms with Crippen molar-refractivity contribution in [1.29, 1.82) is 0 Å². The van der Waals surface area contributed by atoms with Crippen molar-refractivity contribution in [1.82, 2.24) is 14.6 Å². The lowest BCUT2D eigenvalue weighted by atomic mass is 10.1. The fourth-order valence-corrected chi connectivity index (χ4v) is 3.51. The molecule has 2 saturated heterocycles. The Labute approximate surface area is 151 Å². The van der Waals surface area contributed by atoms with E-state index >= 15 is 0 Å². The smallest absolute Gasteiger partial charge is 0.248 e. The Hall–Kier alpha value is -2.48.